The maximum Gasteiger partial charge on any atom is 0.194 e. The number of imidazole rings is 1. The fourth-order valence-electron chi connectivity index (χ4n) is 3.22. The van der Waals surface area contributed by atoms with Crippen molar-refractivity contribution in [1.29, 1.82) is 0 Å². The number of hydrogen-bond donors (Lipinski definition) is 1. The first-order valence-corrected chi connectivity index (χ1v) is 8.33. The summed E-state index contributed by atoms with van der Waals surface area (Å²) in [6.07, 6.45) is 9.45. The summed E-state index contributed by atoms with van der Waals surface area (Å²) in [5.74, 6) is 0.756. The maximum atomic E-state index is 6.29. The molecule has 3 nitrogen and oxygen atoms in total. The maximum absolute atomic E-state index is 6.29. The average Bonchev–Trinajstić information content (AvgIpc) is 3.17. The molecule has 0 amide bonds. The van der Waals surface area contributed by atoms with Crippen molar-refractivity contribution in [3.63, 3.8) is 0 Å². The molecule has 0 aliphatic heterocycles. The number of hydrogen-bond acceptors (Lipinski definition) is 1. The molecule has 0 atom stereocenters. The SMILES string of the molecule is Clc1cccc(-c2nc3cc[n+](C4CCCC4)cc3[nH]2)c1Cl. The Morgan fingerprint density at radius 1 is 1.14 bits per heavy atom. The van der Waals surface area contributed by atoms with E-state index in [1.54, 1.807) is 6.07 Å². The number of pyridine rings is 1. The van der Waals surface area contributed by atoms with Gasteiger partial charge in [-0.1, -0.05) is 29.3 Å². The molecule has 1 aliphatic carbocycles. The predicted molar refractivity (Wildman–Crippen MR) is 89.2 cm³/mol. The molecule has 0 unspecified atom stereocenters. The number of nitrogens with zero attached hydrogens (tertiary/aromatic N) is 2. The van der Waals surface area contributed by atoms with Crippen LogP contribution in [0.25, 0.3) is 22.4 Å². The minimum atomic E-state index is 0.534. The predicted octanol–water partition coefficient (Wildman–Crippen LogP) is 4.94. The van der Waals surface area contributed by atoms with Gasteiger partial charge in [0, 0.05) is 24.5 Å². The van der Waals surface area contributed by atoms with Crippen molar-refractivity contribution in [2.75, 3.05) is 0 Å². The highest BCUT2D eigenvalue weighted by molar-refractivity contribution is 6.43. The smallest absolute Gasteiger partial charge is 0.194 e. The minimum Gasteiger partial charge on any atom is -0.333 e. The number of benzene rings is 1. The molecule has 0 spiro atoms. The van der Waals surface area contributed by atoms with Gasteiger partial charge < -0.3 is 4.98 Å². The van der Waals surface area contributed by atoms with Gasteiger partial charge in [0.15, 0.2) is 18.4 Å². The first kappa shape index (κ1) is 14.0. The van der Waals surface area contributed by atoms with Crippen molar-refractivity contribution in [3.8, 4) is 11.4 Å². The van der Waals surface area contributed by atoms with Crippen LogP contribution in [-0.2, 0) is 0 Å². The van der Waals surface area contributed by atoms with Crippen LogP contribution >= 0.6 is 23.2 Å². The monoisotopic (exact) mass is 332 g/mol. The Bertz CT molecular complexity index is 835. The van der Waals surface area contributed by atoms with E-state index in [2.05, 4.69) is 33.0 Å². The van der Waals surface area contributed by atoms with E-state index in [1.807, 2.05) is 12.1 Å². The van der Waals surface area contributed by atoms with E-state index in [4.69, 9.17) is 23.2 Å². The third-order valence-corrected chi connectivity index (χ3v) is 5.22. The van der Waals surface area contributed by atoms with Gasteiger partial charge in [-0.3, -0.25) is 0 Å². The van der Waals surface area contributed by atoms with E-state index in [-0.39, 0.29) is 0 Å². The van der Waals surface area contributed by atoms with E-state index in [9.17, 15) is 0 Å². The second kappa shape index (κ2) is 5.56. The molecular formula is C17H16Cl2N3+. The molecule has 0 saturated heterocycles. The number of fused-ring (bicyclic) bond motifs is 1. The van der Waals surface area contributed by atoms with Crippen LogP contribution in [0.2, 0.25) is 10.0 Å². The standard InChI is InChI=1S/C17H15Cl2N3/c18-13-7-3-6-12(16(13)19)17-20-14-8-9-22(10-15(14)21-17)11-4-1-2-5-11/h3,6-11H,1-2,4-5H2/p+1. The lowest BCUT2D eigenvalue weighted by Crippen LogP contribution is -2.36. The summed E-state index contributed by atoms with van der Waals surface area (Å²) >= 11 is 12.4. The zero-order chi connectivity index (χ0) is 15.1. The Kier molecular flexibility index (Phi) is 3.55. The molecule has 2 aromatic heterocycles. The molecule has 1 fully saturated rings. The summed E-state index contributed by atoms with van der Waals surface area (Å²) in [6.45, 7) is 0. The van der Waals surface area contributed by atoms with E-state index in [0.717, 1.165) is 22.4 Å². The van der Waals surface area contributed by atoms with Crippen molar-refractivity contribution in [2.45, 2.75) is 31.7 Å². The zero-order valence-electron chi connectivity index (χ0n) is 12.0. The van der Waals surface area contributed by atoms with Crippen molar-refractivity contribution < 1.29 is 4.57 Å². The molecule has 1 aromatic carbocycles. The third kappa shape index (κ3) is 2.38. The van der Waals surface area contributed by atoms with Crippen molar-refractivity contribution in [1.82, 2.24) is 9.97 Å². The summed E-state index contributed by atoms with van der Waals surface area (Å²) < 4.78 is 2.30. The Morgan fingerprint density at radius 2 is 1.95 bits per heavy atom. The number of rotatable bonds is 2. The molecule has 5 heteroatoms. The molecule has 1 aliphatic rings. The van der Waals surface area contributed by atoms with E-state index < -0.39 is 0 Å². The molecule has 2 heterocycles. The highest BCUT2D eigenvalue weighted by atomic mass is 35.5. The number of nitrogens with one attached hydrogen (secondary N) is 1. The number of H-pyrrole nitrogens is 1. The van der Waals surface area contributed by atoms with Gasteiger partial charge >= 0.3 is 0 Å². The van der Waals surface area contributed by atoms with Gasteiger partial charge in [0.1, 0.15) is 16.9 Å². The Hall–Kier alpha value is -1.58. The van der Waals surface area contributed by atoms with E-state index in [1.165, 1.54) is 25.7 Å². The van der Waals surface area contributed by atoms with Crippen LogP contribution in [0.1, 0.15) is 31.7 Å². The molecule has 3 aromatic rings. The fourth-order valence-corrected chi connectivity index (χ4v) is 3.61. The van der Waals surface area contributed by atoms with Gasteiger partial charge in [0.05, 0.1) is 10.0 Å². The Labute approximate surface area is 138 Å². The Morgan fingerprint density at radius 3 is 2.77 bits per heavy atom. The van der Waals surface area contributed by atoms with Gasteiger partial charge in [-0.25, -0.2) is 9.55 Å². The second-order valence-electron chi connectivity index (χ2n) is 5.82. The lowest BCUT2D eigenvalue weighted by molar-refractivity contribution is -0.720. The summed E-state index contributed by atoms with van der Waals surface area (Å²) in [4.78, 5) is 8.01. The van der Waals surface area contributed by atoms with Gasteiger partial charge in [-0.05, 0) is 25.0 Å². The molecule has 22 heavy (non-hydrogen) atoms. The number of aromatic amines is 1. The lowest BCUT2D eigenvalue weighted by Gasteiger charge is -2.02. The topological polar surface area (TPSA) is 32.6 Å². The summed E-state index contributed by atoms with van der Waals surface area (Å²) in [5, 5.41) is 1.08. The van der Waals surface area contributed by atoms with Crippen molar-refractivity contribution in [3.05, 3.63) is 46.7 Å². The summed E-state index contributed by atoms with van der Waals surface area (Å²) in [7, 11) is 0. The highest BCUT2D eigenvalue weighted by Crippen LogP contribution is 2.32. The lowest BCUT2D eigenvalue weighted by atomic mass is 10.2. The van der Waals surface area contributed by atoms with Crippen LogP contribution in [-0.4, -0.2) is 9.97 Å². The fraction of sp³-hybridized carbons (Fsp3) is 0.294. The molecule has 1 saturated carbocycles. The molecular weight excluding hydrogens is 317 g/mol. The van der Waals surface area contributed by atoms with Crippen LogP contribution < -0.4 is 4.57 Å². The van der Waals surface area contributed by atoms with Gasteiger partial charge in [-0.2, -0.15) is 0 Å². The molecule has 0 radical (unpaired) electrons. The molecule has 0 bridgehead atoms. The molecule has 4 rings (SSSR count). The summed E-state index contributed by atoms with van der Waals surface area (Å²) in [6, 6.07) is 8.27. The summed E-state index contributed by atoms with van der Waals surface area (Å²) in [5.41, 5.74) is 2.80. The second-order valence-corrected chi connectivity index (χ2v) is 6.60. The normalized spacial score (nSPS) is 15.7. The van der Waals surface area contributed by atoms with Crippen LogP contribution in [0.15, 0.2) is 36.7 Å². The van der Waals surface area contributed by atoms with Crippen LogP contribution in [0.5, 0.6) is 0 Å². The number of aromatic nitrogens is 3. The van der Waals surface area contributed by atoms with Crippen LogP contribution in [0.3, 0.4) is 0 Å². The Balaban J connectivity index is 1.78. The minimum absolute atomic E-state index is 0.534. The largest absolute Gasteiger partial charge is 0.333 e. The zero-order valence-corrected chi connectivity index (χ0v) is 13.5. The quantitative estimate of drug-likeness (QED) is 0.662. The van der Waals surface area contributed by atoms with Gasteiger partial charge in [-0.15, -0.1) is 0 Å². The molecule has 112 valence electrons. The van der Waals surface area contributed by atoms with E-state index >= 15 is 0 Å². The van der Waals surface area contributed by atoms with Gasteiger partial charge in [0.2, 0.25) is 0 Å². The third-order valence-electron chi connectivity index (χ3n) is 4.40. The van der Waals surface area contributed by atoms with Gasteiger partial charge in [0.25, 0.3) is 0 Å². The van der Waals surface area contributed by atoms with Crippen LogP contribution in [0.4, 0.5) is 0 Å². The first-order chi connectivity index (χ1) is 10.7. The average molecular weight is 333 g/mol. The molecule has 1 N–H and O–H groups in total. The highest BCUT2D eigenvalue weighted by Gasteiger charge is 2.24. The van der Waals surface area contributed by atoms with E-state index in [0.29, 0.717) is 16.1 Å². The van der Waals surface area contributed by atoms with Crippen LogP contribution in [0, 0.1) is 0 Å². The first-order valence-electron chi connectivity index (χ1n) is 7.57. The van der Waals surface area contributed by atoms with Crippen molar-refractivity contribution >= 4 is 34.2 Å². The number of halogens is 2. The van der Waals surface area contributed by atoms with Crippen molar-refractivity contribution in [2.24, 2.45) is 0 Å².